The minimum Gasteiger partial charge on any atom is -0.468 e. The first-order valence-corrected chi connectivity index (χ1v) is 18.6. The Morgan fingerprint density at radius 2 is 1.30 bits per heavy atom. The summed E-state index contributed by atoms with van der Waals surface area (Å²) in [7, 11) is 3.21. The first-order chi connectivity index (χ1) is 26.1. The predicted octanol–water partition coefficient (Wildman–Crippen LogP) is 6.73. The van der Waals surface area contributed by atoms with Crippen LogP contribution >= 0.6 is 11.6 Å². The van der Waals surface area contributed by atoms with E-state index in [2.05, 4.69) is 62.9 Å². The summed E-state index contributed by atoms with van der Waals surface area (Å²) in [6.07, 6.45) is 0. The summed E-state index contributed by atoms with van der Waals surface area (Å²) >= 11 is 6.59. The molecule has 0 spiro atoms. The van der Waals surface area contributed by atoms with Crippen LogP contribution in [0, 0.1) is 0 Å². The molecule has 53 heavy (non-hydrogen) atoms. The molecule has 10 nitrogen and oxygen atoms in total. The zero-order valence-electron chi connectivity index (χ0n) is 30.4. The van der Waals surface area contributed by atoms with Crippen LogP contribution in [-0.2, 0) is 20.8 Å². The number of anilines is 1. The molecule has 0 saturated carbocycles. The summed E-state index contributed by atoms with van der Waals surface area (Å²) in [4.78, 5) is 21.9. The van der Waals surface area contributed by atoms with Gasteiger partial charge in [0, 0.05) is 89.0 Å². The molecule has 0 bridgehead atoms. The number of ether oxygens (including phenoxy) is 5. The Balaban J connectivity index is 1.34. The fraction of sp³-hybridized carbons (Fsp3) is 0.357. The fourth-order valence-corrected chi connectivity index (χ4v) is 7.71. The monoisotopic (exact) mass is 738 g/mol. The van der Waals surface area contributed by atoms with Gasteiger partial charge in [-0.3, -0.25) is 9.69 Å². The number of hydrogen-bond acceptors (Lipinski definition) is 8. The lowest BCUT2D eigenvalue weighted by molar-refractivity contribution is 0.0363. The van der Waals surface area contributed by atoms with Crippen LogP contribution in [0.2, 0.25) is 5.02 Å². The van der Waals surface area contributed by atoms with Gasteiger partial charge in [0.2, 0.25) is 0 Å². The second-order valence-electron chi connectivity index (χ2n) is 13.3. The molecule has 7 rings (SSSR count). The number of fused-ring (bicyclic) bond motifs is 1. The smallest absolute Gasteiger partial charge is 0.270 e. The van der Waals surface area contributed by atoms with Crippen molar-refractivity contribution in [3.05, 3.63) is 124 Å². The zero-order chi connectivity index (χ0) is 36.6. The number of amides is 1. The summed E-state index contributed by atoms with van der Waals surface area (Å²) in [6.45, 7) is 7.51. The van der Waals surface area contributed by atoms with Gasteiger partial charge in [0.1, 0.15) is 17.2 Å². The molecule has 0 unspecified atom stereocenters. The Morgan fingerprint density at radius 3 is 1.91 bits per heavy atom. The molecule has 0 aliphatic carbocycles. The molecule has 1 aromatic heterocycles. The number of rotatable bonds is 14. The molecule has 0 radical (unpaired) electrons. The Labute approximate surface area is 316 Å². The van der Waals surface area contributed by atoms with E-state index in [1.165, 1.54) is 0 Å². The van der Waals surface area contributed by atoms with Gasteiger partial charge < -0.3 is 38.1 Å². The average molecular weight is 739 g/mol. The third kappa shape index (κ3) is 8.32. The summed E-state index contributed by atoms with van der Waals surface area (Å²) in [5.74, 6) is 1.17. The maximum atomic E-state index is 15.2. The molecular formula is C42H47ClN4O6. The highest BCUT2D eigenvalue weighted by Gasteiger charge is 2.34. The van der Waals surface area contributed by atoms with Crippen molar-refractivity contribution in [1.82, 2.24) is 14.4 Å². The number of nitrogens with zero attached hydrogens (tertiary/aromatic N) is 4. The summed E-state index contributed by atoms with van der Waals surface area (Å²) < 4.78 is 29.7. The number of hydrogen-bond donors (Lipinski definition) is 0. The largest absolute Gasteiger partial charge is 0.468 e. The van der Waals surface area contributed by atoms with Gasteiger partial charge in [0.15, 0.2) is 13.6 Å². The van der Waals surface area contributed by atoms with Crippen molar-refractivity contribution < 1.29 is 28.5 Å². The maximum Gasteiger partial charge on any atom is 0.270 e. The number of para-hydroxylation sites is 2. The van der Waals surface area contributed by atoms with Gasteiger partial charge >= 0.3 is 0 Å². The van der Waals surface area contributed by atoms with E-state index in [9.17, 15) is 0 Å². The zero-order valence-corrected chi connectivity index (χ0v) is 31.2. The number of carbonyl (C=O) groups excluding carboxylic acids is 1. The predicted molar refractivity (Wildman–Crippen MR) is 208 cm³/mol. The van der Waals surface area contributed by atoms with Crippen LogP contribution in [0.4, 0.5) is 5.69 Å². The molecular weight excluding hydrogens is 692 g/mol. The van der Waals surface area contributed by atoms with E-state index in [0.717, 1.165) is 76.8 Å². The number of piperazine rings is 1. The van der Waals surface area contributed by atoms with Gasteiger partial charge in [-0.2, -0.15) is 0 Å². The van der Waals surface area contributed by atoms with Crippen molar-refractivity contribution in [1.29, 1.82) is 0 Å². The molecule has 11 heteroatoms. The fourth-order valence-electron chi connectivity index (χ4n) is 7.45. The van der Waals surface area contributed by atoms with Crippen LogP contribution in [-0.4, -0.2) is 107 Å². The number of morpholine rings is 1. The SMILES string of the molecule is COCOc1ccc(C(c2ccc(OCOC)cc2)c2c(C(=O)N3CCN(c4ccccc4Cl)CC3)n(CCN3CCOCC3)c3ccccc23)cc1. The van der Waals surface area contributed by atoms with Crippen LogP contribution in [0.25, 0.3) is 10.9 Å². The van der Waals surface area contributed by atoms with Crippen molar-refractivity contribution in [3.8, 4) is 11.5 Å². The van der Waals surface area contributed by atoms with Crippen molar-refractivity contribution in [2.45, 2.75) is 12.5 Å². The normalized spacial score (nSPS) is 15.3. The molecule has 2 saturated heterocycles. The van der Waals surface area contributed by atoms with E-state index in [1.807, 2.05) is 53.4 Å². The van der Waals surface area contributed by atoms with E-state index in [0.29, 0.717) is 44.2 Å². The lowest BCUT2D eigenvalue weighted by Gasteiger charge is -2.37. The standard InChI is InChI=1S/C42H47ClN4O6/c1-49-29-52-33-15-11-31(12-16-33)39(32-13-17-34(18-14-32)53-30-50-2)40-35-7-3-5-9-37(35)47(24-19-44-25-27-51-28-26-44)41(40)42(48)46-22-20-45(21-23-46)38-10-6-4-8-36(38)43/h3-18,39H,19-30H2,1-2H3. The molecule has 3 heterocycles. The van der Waals surface area contributed by atoms with E-state index in [4.69, 9.17) is 35.3 Å². The van der Waals surface area contributed by atoms with Crippen LogP contribution in [0.1, 0.15) is 33.1 Å². The molecule has 2 fully saturated rings. The van der Waals surface area contributed by atoms with Crippen LogP contribution in [0.3, 0.4) is 0 Å². The molecule has 2 aliphatic heterocycles. The molecule has 4 aromatic carbocycles. The molecule has 5 aromatic rings. The molecule has 0 N–H and O–H groups in total. The van der Waals surface area contributed by atoms with Crippen molar-refractivity contribution in [2.24, 2.45) is 0 Å². The number of methoxy groups -OCH3 is 2. The summed E-state index contributed by atoms with van der Waals surface area (Å²) in [5.41, 5.74) is 5.81. The van der Waals surface area contributed by atoms with E-state index in [-0.39, 0.29) is 25.4 Å². The molecule has 278 valence electrons. The summed E-state index contributed by atoms with van der Waals surface area (Å²) in [6, 6.07) is 32.5. The Morgan fingerprint density at radius 1 is 0.717 bits per heavy atom. The summed E-state index contributed by atoms with van der Waals surface area (Å²) in [5, 5.41) is 1.77. The van der Waals surface area contributed by atoms with Gasteiger partial charge in [-0.05, 0) is 53.6 Å². The lowest BCUT2D eigenvalue weighted by atomic mass is 9.83. The Bertz CT molecular complexity index is 1900. The van der Waals surface area contributed by atoms with E-state index >= 15 is 4.79 Å². The van der Waals surface area contributed by atoms with Gasteiger partial charge in [-0.15, -0.1) is 0 Å². The molecule has 0 atom stereocenters. The van der Waals surface area contributed by atoms with Crippen molar-refractivity contribution in [2.75, 3.05) is 91.7 Å². The van der Waals surface area contributed by atoms with Gasteiger partial charge in [-0.25, -0.2) is 0 Å². The van der Waals surface area contributed by atoms with Crippen molar-refractivity contribution in [3.63, 3.8) is 0 Å². The number of benzene rings is 4. The second kappa shape index (κ2) is 17.5. The van der Waals surface area contributed by atoms with E-state index in [1.54, 1.807) is 14.2 Å². The Hall–Kier alpha value is -4.58. The van der Waals surface area contributed by atoms with Crippen LogP contribution < -0.4 is 14.4 Å². The third-order valence-corrected chi connectivity index (χ3v) is 10.4. The third-order valence-electron chi connectivity index (χ3n) is 10.1. The minimum absolute atomic E-state index is 0.0297. The van der Waals surface area contributed by atoms with Crippen molar-refractivity contribution >= 4 is 34.1 Å². The molecule has 1 amide bonds. The Kier molecular flexibility index (Phi) is 12.1. The number of aromatic nitrogens is 1. The van der Waals surface area contributed by atoms with Gasteiger partial charge in [0.25, 0.3) is 5.91 Å². The first kappa shape index (κ1) is 36.8. The number of halogens is 1. The quantitative estimate of drug-likeness (QED) is 0.116. The lowest BCUT2D eigenvalue weighted by Crippen LogP contribution is -2.49. The molecule has 2 aliphatic rings. The average Bonchev–Trinajstić information content (AvgIpc) is 3.53. The topological polar surface area (TPSA) is 77.9 Å². The van der Waals surface area contributed by atoms with Gasteiger partial charge in [0.05, 0.1) is 23.9 Å². The highest BCUT2D eigenvalue weighted by Crippen LogP contribution is 2.42. The van der Waals surface area contributed by atoms with E-state index < -0.39 is 0 Å². The highest BCUT2D eigenvalue weighted by atomic mass is 35.5. The second-order valence-corrected chi connectivity index (χ2v) is 13.7. The first-order valence-electron chi connectivity index (χ1n) is 18.2. The highest BCUT2D eigenvalue weighted by molar-refractivity contribution is 6.33. The van der Waals surface area contributed by atoms with Gasteiger partial charge in [-0.1, -0.05) is 66.2 Å². The number of carbonyl (C=O) groups is 1. The maximum absolute atomic E-state index is 15.2. The van der Waals surface area contributed by atoms with Crippen LogP contribution in [0.5, 0.6) is 11.5 Å². The minimum atomic E-state index is -0.277. The van der Waals surface area contributed by atoms with Crippen LogP contribution in [0.15, 0.2) is 97.1 Å².